The van der Waals surface area contributed by atoms with Gasteiger partial charge in [0.1, 0.15) is 5.71 Å². The Morgan fingerprint density at radius 3 is 2.79 bits per heavy atom. The van der Waals surface area contributed by atoms with Crippen LogP contribution in [0.1, 0.15) is 15.9 Å². The number of allylic oxidation sites excluding steroid dienone is 1. The molecule has 3 nitrogen and oxygen atoms in total. The molecule has 1 aromatic rings. The molecule has 0 aromatic heterocycles. The van der Waals surface area contributed by atoms with Gasteiger partial charge in [0.2, 0.25) is 5.78 Å². The van der Waals surface area contributed by atoms with Gasteiger partial charge in [0, 0.05) is 28.1 Å². The number of benzene rings is 1. The standard InChI is InChI=1S/C10H7NO2S/c11-8-5-4-6-7(10(8)12)2-1-3-9(6)14-13/h1-5,11,13H. The van der Waals surface area contributed by atoms with Gasteiger partial charge >= 0.3 is 0 Å². The predicted octanol–water partition coefficient (Wildman–Crippen LogP) is 2.48. The third-order valence-electron chi connectivity index (χ3n) is 2.07. The van der Waals surface area contributed by atoms with Gasteiger partial charge in [-0.1, -0.05) is 18.2 Å². The molecule has 0 saturated carbocycles. The average molecular weight is 205 g/mol. The van der Waals surface area contributed by atoms with E-state index in [0.29, 0.717) is 28.1 Å². The van der Waals surface area contributed by atoms with Crippen LogP contribution >= 0.6 is 12.0 Å². The lowest BCUT2D eigenvalue weighted by Crippen LogP contribution is -2.15. The topological polar surface area (TPSA) is 61.1 Å². The minimum atomic E-state index is -0.293. The van der Waals surface area contributed by atoms with E-state index in [1.54, 1.807) is 24.3 Å². The molecule has 70 valence electrons. The van der Waals surface area contributed by atoms with Crippen molar-refractivity contribution in [1.29, 1.82) is 5.41 Å². The summed E-state index contributed by atoms with van der Waals surface area (Å²) in [6.45, 7) is 0. The first-order valence-electron chi connectivity index (χ1n) is 4.00. The lowest BCUT2D eigenvalue weighted by Gasteiger charge is -2.11. The molecule has 2 rings (SSSR count). The lowest BCUT2D eigenvalue weighted by atomic mass is 9.95. The zero-order chi connectivity index (χ0) is 10.1. The quantitative estimate of drug-likeness (QED) is 0.692. The number of hydrogen-bond donors (Lipinski definition) is 2. The number of nitrogens with one attached hydrogen (secondary N) is 1. The van der Waals surface area contributed by atoms with Gasteiger partial charge in [-0.3, -0.25) is 10.2 Å². The number of carbonyl (C=O) groups excluding carboxylic acids is 1. The monoisotopic (exact) mass is 205 g/mol. The number of rotatable bonds is 1. The molecule has 0 amide bonds. The van der Waals surface area contributed by atoms with Gasteiger partial charge in [-0.25, -0.2) is 0 Å². The Morgan fingerprint density at radius 1 is 1.29 bits per heavy atom. The van der Waals surface area contributed by atoms with Crippen molar-refractivity contribution < 1.29 is 9.35 Å². The molecule has 0 fully saturated rings. The lowest BCUT2D eigenvalue weighted by molar-refractivity contribution is 0.106. The number of Topliss-reactive ketones (excluding diaryl/α,β-unsaturated/α-hetero) is 1. The summed E-state index contributed by atoms with van der Waals surface area (Å²) in [5.74, 6) is -0.293. The SMILES string of the molecule is N=C1C=Cc2c(SO)cccc2C1=O. The first kappa shape index (κ1) is 9.18. The van der Waals surface area contributed by atoms with Crippen LogP contribution in [0.2, 0.25) is 0 Å². The second-order valence-electron chi connectivity index (χ2n) is 2.88. The summed E-state index contributed by atoms with van der Waals surface area (Å²) in [5, 5.41) is 7.35. The van der Waals surface area contributed by atoms with Crippen molar-refractivity contribution in [2.75, 3.05) is 0 Å². The Labute approximate surface area is 85.2 Å². The van der Waals surface area contributed by atoms with E-state index in [0.717, 1.165) is 0 Å². The molecular weight excluding hydrogens is 198 g/mol. The van der Waals surface area contributed by atoms with E-state index in [-0.39, 0.29) is 11.5 Å². The van der Waals surface area contributed by atoms with E-state index in [1.807, 2.05) is 0 Å². The van der Waals surface area contributed by atoms with Crippen LogP contribution in [0.3, 0.4) is 0 Å². The second kappa shape index (κ2) is 3.40. The molecule has 0 unspecified atom stereocenters. The first-order chi connectivity index (χ1) is 6.74. The Kier molecular flexibility index (Phi) is 2.23. The van der Waals surface area contributed by atoms with Crippen LogP contribution in [0.15, 0.2) is 29.2 Å². The minimum absolute atomic E-state index is 0.0161. The molecule has 0 radical (unpaired) electrons. The van der Waals surface area contributed by atoms with E-state index in [1.165, 1.54) is 6.08 Å². The van der Waals surface area contributed by atoms with Crippen LogP contribution < -0.4 is 0 Å². The molecule has 1 aliphatic rings. The van der Waals surface area contributed by atoms with Crippen molar-refractivity contribution in [2.24, 2.45) is 0 Å². The maximum absolute atomic E-state index is 11.5. The Bertz CT molecular complexity index is 451. The van der Waals surface area contributed by atoms with Crippen molar-refractivity contribution in [2.45, 2.75) is 4.90 Å². The predicted molar refractivity (Wildman–Crippen MR) is 56.0 cm³/mol. The molecule has 2 N–H and O–H groups in total. The summed E-state index contributed by atoms with van der Waals surface area (Å²) in [6, 6.07) is 5.09. The van der Waals surface area contributed by atoms with Crippen molar-refractivity contribution in [1.82, 2.24) is 0 Å². The van der Waals surface area contributed by atoms with Gasteiger partial charge < -0.3 is 4.55 Å². The molecular formula is C10H7NO2S. The maximum Gasteiger partial charge on any atom is 0.211 e. The van der Waals surface area contributed by atoms with Crippen molar-refractivity contribution in [3.05, 3.63) is 35.4 Å². The zero-order valence-corrected chi connectivity index (χ0v) is 7.97. The highest BCUT2D eigenvalue weighted by molar-refractivity contribution is 7.93. The van der Waals surface area contributed by atoms with Gasteiger partial charge in [-0.15, -0.1) is 0 Å². The van der Waals surface area contributed by atoms with Gasteiger partial charge in [-0.2, -0.15) is 0 Å². The third kappa shape index (κ3) is 1.29. The molecule has 0 heterocycles. The van der Waals surface area contributed by atoms with Gasteiger partial charge in [-0.05, 0) is 12.1 Å². The average Bonchev–Trinajstić information content (AvgIpc) is 2.23. The van der Waals surface area contributed by atoms with Crippen molar-refractivity contribution in [3.63, 3.8) is 0 Å². The second-order valence-corrected chi connectivity index (χ2v) is 3.51. The van der Waals surface area contributed by atoms with E-state index < -0.39 is 0 Å². The highest BCUT2D eigenvalue weighted by Gasteiger charge is 2.19. The van der Waals surface area contributed by atoms with Crippen LogP contribution in [0.5, 0.6) is 0 Å². The summed E-state index contributed by atoms with van der Waals surface area (Å²) < 4.78 is 8.96. The zero-order valence-electron chi connectivity index (χ0n) is 7.15. The number of ketones is 1. The molecule has 0 saturated heterocycles. The molecule has 1 aliphatic carbocycles. The van der Waals surface area contributed by atoms with E-state index in [9.17, 15) is 4.79 Å². The van der Waals surface area contributed by atoms with Crippen LogP contribution in [-0.4, -0.2) is 16.0 Å². The highest BCUT2D eigenvalue weighted by Crippen LogP contribution is 2.27. The van der Waals surface area contributed by atoms with Gasteiger partial charge in [0.05, 0.1) is 0 Å². The normalized spacial score (nSPS) is 14.4. The van der Waals surface area contributed by atoms with Gasteiger partial charge in [0.25, 0.3) is 0 Å². The number of hydrogen-bond acceptors (Lipinski definition) is 4. The molecule has 0 spiro atoms. The molecule has 1 aromatic carbocycles. The summed E-state index contributed by atoms with van der Waals surface area (Å²) in [6.07, 6.45) is 3.13. The smallest absolute Gasteiger partial charge is 0.211 e. The van der Waals surface area contributed by atoms with E-state index in [4.69, 9.17) is 9.96 Å². The van der Waals surface area contributed by atoms with Crippen LogP contribution in [0.25, 0.3) is 6.08 Å². The minimum Gasteiger partial charge on any atom is -0.325 e. The highest BCUT2D eigenvalue weighted by atomic mass is 32.2. The maximum atomic E-state index is 11.5. The fourth-order valence-corrected chi connectivity index (χ4v) is 1.80. The van der Waals surface area contributed by atoms with Crippen LogP contribution in [-0.2, 0) is 0 Å². The molecule has 0 aliphatic heterocycles. The van der Waals surface area contributed by atoms with Crippen molar-refractivity contribution >= 4 is 29.6 Å². The summed E-state index contributed by atoms with van der Waals surface area (Å²) in [5.41, 5.74) is 1.16. The van der Waals surface area contributed by atoms with E-state index >= 15 is 0 Å². The van der Waals surface area contributed by atoms with Crippen molar-refractivity contribution in [3.8, 4) is 0 Å². The molecule has 14 heavy (non-hydrogen) atoms. The van der Waals surface area contributed by atoms with E-state index in [2.05, 4.69) is 0 Å². The fraction of sp³-hybridized carbons (Fsp3) is 0. The van der Waals surface area contributed by atoms with Crippen LogP contribution in [0.4, 0.5) is 0 Å². The Morgan fingerprint density at radius 2 is 2.07 bits per heavy atom. The molecule has 0 bridgehead atoms. The fourth-order valence-electron chi connectivity index (χ4n) is 1.38. The molecule has 0 atom stereocenters. The first-order valence-corrected chi connectivity index (χ1v) is 4.77. The Hall–Kier alpha value is -1.39. The Balaban J connectivity index is 2.67. The van der Waals surface area contributed by atoms with Crippen LogP contribution in [0, 0.1) is 5.41 Å². The molecule has 4 heteroatoms. The van der Waals surface area contributed by atoms with Gasteiger partial charge in [0.15, 0.2) is 0 Å². The largest absolute Gasteiger partial charge is 0.325 e. The summed E-state index contributed by atoms with van der Waals surface area (Å²) >= 11 is 0.613. The summed E-state index contributed by atoms with van der Waals surface area (Å²) in [4.78, 5) is 12.2. The number of carbonyl (C=O) groups is 1. The summed E-state index contributed by atoms with van der Waals surface area (Å²) in [7, 11) is 0. The third-order valence-corrected chi connectivity index (χ3v) is 2.62. The number of fused-ring (bicyclic) bond motifs is 1.